The SMILES string of the molecule is CCCNC(Cc1cc(Br)ccc1F)C1CCC(C)O1. The highest BCUT2D eigenvalue weighted by molar-refractivity contribution is 9.10. The van der Waals surface area contributed by atoms with Crippen molar-refractivity contribution in [1.29, 1.82) is 0 Å². The van der Waals surface area contributed by atoms with Gasteiger partial charge in [0.1, 0.15) is 5.82 Å². The molecule has 2 nitrogen and oxygen atoms in total. The maximum atomic E-state index is 13.9. The Morgan fingerprint density at radius 1 is 1.45 bits per heavy atom. The molecule has 0 radical (unpaired) electrons. The van der Waals surface area contributed by atoms with Crippen LogP contribution in [0.5, 0.6) is 0 Å². The summed E-state index contributed by atoms with van der Waals surface area (Å²) in [6.45, 7) is 5.19. The van der Waals surface area contributed by atoms with Gasteiger partial charge in [-0.2, -0.15) is 0 Å². The van der Waals surface area contributed by atoms with Crippen LogP contribution in [0.25, 0.3) is 0 Å². The van der Waals surface area contributed by atoms with Gasteiger partial charge in [0.05, 0.1) is 12.2 Å². The minimum absolute atomic E-state index is 0.137. The highest BCUT2D eigenvalue weighted by Gasteiger charge is 2.29. The molecule has 1 saturated heterocycles. The Morgan fingerprint density at radius 3 is 2.90 bits per heavy atom. The Hall–Kier alpha value is -0.450. The van der Waals surface area contributed by atoms with Crippen LogP contribution in [0.2, 0.25) is 0 Å². The van der Waals surface area contributed by atoms with Crippen molar-refractivity contribution in [2.75, 3.05) is 6.54 Å². The van der Waals surface area contributed by atoms with Gasteiger partial charge in [0.15, 0.2) is 0 Å². The minimum atomic E-state index is -0.137. The van der Waals surface area contributed by atoms with Crippen molar-refractivity contribution in [3.05, 3.63) is 34.1 Å². The summed E-state index contributed by atoms with van der Waals surface area (Å²) in [5.74, 6) is -0.137. The molecule has 3 atom stereocenters. The molecular formula is C16H23BrFNO. The van der Waals surface area contributed by atoms with Crippen molar-refractivity contribution in [2.45, 2.75) is 57.8 Å². The monoisotopic (exact) mass is 343 g/mol. The average Bonchev–Trinajstić information content (AvgIpc) is 2.85. The Bertz CT molecular complexity index is 440. The van der Waals surface area contributed by atoms with Gasteiger partial charge < -0.3 is 10.1 Å². The second-order valence-electron chi connectivity index (χ2n) is 5.56. The molecule has 3 unspecified atom stereocenters. The summed E-state index contributed by atoms with van der Waals surface area (Å²) in [7, 11) is 0. The van der Waals surface area contributed by atoms with E-state index in [-0.39, 0.29) is 18.0 Å². The fourth-order valence-corrected chi connectivity index (χ4v) is 3.14. The zero-order chi connectivity index (χ0) is 14.5. The first-order chi connectivity index (χ1) is 9.60. The van der Waals surface area contributed by atoms with E-state index in [1.807, 2.05) is 6.07 Å². The molecule has 0 aromatic heterocycles. The molecule has 1 aromatic carbocycles. The summed E-state index contributed by atoms with van der Waals surface area (Å²) in [6.07, 6.45) is 4.39. The van der Waals surface area contributed by atoms with E-state index in [0.29, 0.717) is 12.5 Å². The maximum absolute atomic E-state index is 13.9. The van der Waals surface area contributed by atoms with Gasteiger partial charge in [0.25, 0.3) is 0 Å². The van der Waals surface area contributed by atoms with E-state index in [9.17, 15) is 4.39 Å². The van der Waals surface area contributed by atoms with Crippen molar-refractivity contribution in [3.63, 3.8) is 0 Å². The van der Waals surface area contributed by atoms with Crippen molar-refractivity contribution in [1.82, 2.24) is 5.32 Å². The van der Waals surface area contributed by atoms with E-state index >= 15 is 0 Å². The summed E-state index contributed by atoms with van der Waals surface area (Å²) in [4.78, 5) is 0. The van der Waals surface area contributed by atoms with Crippen LogP contribution in [0, 0.1) is 5.82 Å². The van der Waals surface area contributed by atoms with Crippen LogP contribution in [0.15, 0.2) is 22.7 Å². The molecule has 0 aliphatic carbocycles. The second-order valence-corrected chi connectivity index (χ2v) is 6.48. The molecule has 1 heterocycles. The largest absolute Gasteiger partial charge is 0.374 e. The van der Waals surface area contributed by atoms with Gasteiger partial charge in [-0.1, -0.05) is 22.9 Å². The summed E-state index contributed by atoms with van der Waals surface area (Å²) in [5, 5.41) is 3.52. The summed E-state index contributed by atoms with van der Waals surface area (Å²) >= 11 is 3.41. The third-order valence-electron chi connectivity index (χ3n) is 3.82. The van der Waals surface area contributed by atoms with E-state index in [1.54, 1.807) is 6.07 Å². The average molecular weight is 344 g/mol. The highest BCUT2D eigenvalue weighted by Crippen LogP contribution is 2.25. The number of rotatable bonds is 6. The maximum Gasteiger partial charge on any atom is 0.126 e. The van der Waals surface area contributed by atoms with Crippen molar-refractivity contribution in [3.8, 4) is 0 Å². The number of ether oxygens (including phenoxy) is 1. The first kappa shape index (κ1) is 15.9. The molecule has 1 aliphatic heterocycles. The van der Waals surface area contributed by atoms with E-state index in [2.05, 4.69) is 35.1 Å². The number of nitrogens with one attached hydrogen (secondary N) is 1. The van der Waals surface area contributed by atoms with Gasteiger partial charge >= 0.3 is 0 Å². The van der Waals surface area contributed by atoms with Gasteiger partial charge in [-0.05, 0) is 62.9 Å². The van der Waals surface area contributed by atoms with Crippen molar-refractivity contribution >= 4 is 15.9 Å². The third kappa shape index (κ3) is 4.27. The Morgan fingerprint density at radius 2 is 2.25 bits per heavy atom. The number of hydrogen-bond acceptors (Lipinski definition) is 2. The Kier molecular flexibility index (Phi) is 6.00. The molecule has 0 amide bonds. The van der Waals surface area contributed by atoms with Gasteiger partial charge in [-0.15, -0.1) is 0 Å². The number of benzene rings is 1. The minimum Gasteiger partial charge on any atom is -0.374 e. The molecule has 1 fully saturated rings. The zero-order valence-electron chi connectivity index (χ0n) is 12.2. The van der Waals surface area contributed by atoms with Gasteiger partial charge in [0.2, 0.25) is 0 Å². The fourth-order valence-electron chi connectivity index (χ4n) is 2.73. The molecule has 112 valence electrons. The summed E-state index contributed by atoms with van der Waals surface area (Å²) in [5.41, 5.74) is 0.746. The van der Waals surface area contributed by atoms with Crippen LogP contribution < -0.4 is 5.32 Å². The number of hydrogen-bond donors (Lipinski definition) is 1. The zero-order valence-corrected chi connectivity index (χ0v) is 13.7. The van der Waals surface area contributed by atoms with Gasteiger partial charge in [-0.3, -0.25) is 0 Å². The standard InChI is InChI=1S/C16H23BrFNO/c1-3-8-19-15(16-7-4-11(2)20-16)10-12-9-13(17)5-6-14(12)18/h5-6,9,11,15-16,19H,3-4,7-8,10H2,1-2H3. The fraction of sp³-hybridized carbons (Fsp3) is 0.625. The molecule has 1 N–H and O–H groups in total. The predicted octanol–water partition coefficient (Wildman–Crippen LogP) is 4.07. The Balaban J connectivity index is 2.08. The molecule has 1 aliphatic rings. The van der Waals surface area contributed by atoms with E-state index in [4.69, 9.17) is 4.74 Å². The second kappa shape index (κ2) is 7.53. The highest BCUT2D eigenvalue weighted by atomic mass is 79.9. The van der Waals surface area contributed by atoms with Crippen LogP contribution in [0.3, 0.4) is 0 Å². The molecule has 0 bridgehead atoms. The molecular weight excluding hydrogens is 321 g/mol. The third-order valence-corrected chi connectivity index (χ3v) is 4.31. The molecule has 20 heavy (non-hydrogen) atoms. The first-order valence-corrected chi connectivity index (χ1v) is 8.22. The molecule has 1 aromatic rings. The lowest BCUT2D eigenvalue weighted by Crippen LogP contribution is -2.42. The van der Waals surface area contributed by atoms with Crippen molar-refractivity contribution < 1.29 is 9.13 Å². The number of halogens is 2. The van der Waals surface area contributed by atoms with E-state index in [0.717, 1.165) is 35.8 Å². The smallest absolute Gasteiger partial charge is 0.126 e. The first-order valence-electron chi connectivity index (χ1n) is 7.43. The van der Waals surface area contributed by atoms with E-state index < -0.39 is 0 Å². The molecule has 0 saturated carbocycles. The lowest BCUT2D eigenvalue weighted by Gasteiger charge is -2.25. The van der Waals surface area contributed by atoms with Crippen LogP contribution >= 0.6 is 15.9 Å². The predicted molar refractivity (Wildman–Crippen MR) is 83.5 cm³/mol. The van der Waals surface area contributed by atoms with Gasteiger partial charge in [-0.25, -0.2) is 4.39 Å². The lowest BCUT2D eigenvalue weighted by atomic mass is 9.98. The van der Waals surface area contributed by atoms with Crippen LogP contribution in [-0.4, -0.2) is 24.8 Å². The summed E-state index contributed by atoms with van der Waals surface area (Å²) in [6, 6.07) is 5.31. The molecule has 2 rings (SSSR count). The summed E-state index contributed by atoms with van der Waals surface area (Å²) < 4.78 is 20.8. The van der Waals surface area contributed by atoms with Gasteiger partial charge in [0, 0.05) is 10.5 Å². The molecule has 4 heteroatoms. The van der Waals surface area contributed by atoms with Crippen LogP contribution in [0.4, 0.5) is 4.39 Å². The molecule has 0 spiro atoms. The van der Waals surface area contributed by atoms with E-state index in [1.165, 1.54) is 6.07 Å². The van der Waals surface area contributed by atoms with Crippen molar-refractivity contribution in [2.24, 2.45) is 0 Å². The lowest BCUT2D eigenvalue weighted by molar-refractivity contribution is 0.0319. The quantitative estimate of drug-likeness (QED) is 0.840. The normalized spacial score (nSPS) is 24.0. The van der Waals surface area contributed by atoms with Crippen LogP contribution in [-0.2, 0) is 11.2 Å². The Labute approximate surface area is 129 Å². The van der Waals surface area contributed by atoms with Crippen LogP contribution in [0.1, 0.15) is 38.7 Å². The topological polar surface area (TPSA) is 21.3 Å².